The number of hydrogen-bond acceptors (Lipinski definition) is 2. The van der Waals surface area contributed by atoms with Crippen molar-refractivity contribution in [2.75, 3.05) is 32.7 Å². The lowest BCUT2D eigenvalue weighted by atomic mass is 10.2. The smallest absolute Gasteiger partial charge is 0.270 e. The highest BCUT2D eigenvalue weighted by Gasteiger charge is 2.23. The van der Waals surface area contributed by atoms with Gasteiger partial charge < -0.3 is 9.47 Å². The van der Waals surface area contributed by atoms with Crippen LogP contribution in [0.1, 0.15) is 23.8 Å². The van der Waals surface area contributed by atoms with Crippen LogP contribution in [0.15, 0.2) is 16.7 Å². The molecule has 100 valence electrons. The van der Waals surface area contributed by atoms with E-state index in [0.717, 1.165) is 42.9 Å². The molecular formula is C13H20BrN3O. The van der Waals surface area contributed by atoms with E-state index in [9.17, 15) is 4.79 Å². The van der Waals surface area contributed by atoms with Gasteiger partial charge in [0.1, 0.15) is 5.69 Å². The first-order valence-electron chi connectivity index (χ1n) is 6.45. The van der Waals surface area contributed by atoms with Gasteiger partial charge in [-0.15, -0.1) is 0 Å². The average Bonchev–Trinajstić information content (AvgIpc) is 2.69. The number of hydrogen-bond donors (Lipinski definition) is 0. The van der Waals surface area contributed by atoms with Crippen molar-refractivity contribution < 1.29 is 4.79 Å². The van der Waals surface area contributed by atoms with Gasteiger partial charge in [0.2, 0.25) is 0 Å². The van der Waals surface area contributed by atoms with Crippen molar-refractivity contribution in [3.63, 3.8) is 0 Å². The van der Waals surface area contributed by atoms with Crippen molar-refractivity contribution in [1.29, 1.82) is 0 Å². The largest absolute Gasteiger partial charge is 0.345 e. The van der Waals surface area contributed by atoms with Gasteiger partial charge in [0.25, 0.3) is 5.91 Å². The molecule has 0 radical (unpaired) electrons. The quantitative estimate of drug-likeness (QED) is 0.853. The predicted molar refractivity (Wildman–Crippen MR) is 75.7 cm³/mol. The summed E-state index contributed by atoms with van der Waals surface area (Å²) >= 11 is 3.41. The van der Waals surface area contributed by atoms with Crippen LogP contribution in [-0.4, -0.2) is 53.0 Å². The zero-order valence-corrected chi connectivity index (χ0v) is 12.6. The average molecular weight is 314 g/mol. The summed E-state index contributed by atoms with van der Waals surface area (Å²) in [6.45, 7) is 6.98. The van der Waals surface area contributed by atoms with E-state index in [-0.39, 0.29) is 5.91 Å². The Morgan fingerprint density at radius 1 is 1.33 bits per heavy atom. The van der Waals surface area contributed by atoms with Gasteiger partial charge in [-0.2, -0.15) is 0 Å². The highest BCUT2D eigenvalue weighted by Crippen LogP contribution is 2.16. The number of halogens is 1. The standard InChI is InChI=1S/C13H20BrN3O/c1-3-4-16-5-7-17(8-6-16)13(18)12-9-11(14)10-15(12)2/h9-10H,3-8H2,1-2H3. The second-order valence-corrected chi connectivity index (χ2v) is 5.70. The summed E-state index contributed by atoms with van der Waals surface area (Å²) < 4.78 is 2.84. The Kier molecular flexibility index (Phi) is 4.45. The van der Waals surface area contributed by atoms with Crippen LogP contribution < -0.4 is 0 Å². The Balaban J connectivity index is 1.97. The Hall–Kier alpha value is -0.810. The summed E-state index contributed by atoms with van der Waals surface area (Å²) in [6.07, 6.45) is 3.10. The van der Waals surface area contributed by atoms with Gasteiger partial charge in [-0.05, 0) is 35.0 Å². The molecule has 2 rings (SSSR count). The third kappa shape index (κ3) is 2.95. The first-order chi connectivity index (χ1) is 8.61. The fourth-order valence-corrected chi connectivity index (χ4v) is 2.91. The van der Waals surface area contributed by atoms with Crippen molar-refractivity contribution >= 4 is 21.8 Å². The van der Waals surface area contributed by atoms with Crippen molar-refractivity contribution in [3.8, 4) is 0 Å². The SMILES string of the molecule is CCCN1CCN(C(=O)c2cc(Br)cn2C)CC1. The van der Waals surface area contributed by atoms with Gasteiger partial charge in [-0.25, -0.2) is 0 Å². The summed E-state index contributed by atoms with van der Waals surface area (Å²) in [4.78, 5) is 16.7. The molecule has 1 aliphatic rings. The molecule has 4 nitrogen and oxygen atoms in total. The molecule has 0 bridgehead atoms. The minimum atomic E-state index is 0.138. The maximum Gasteiger partial charge on any atom is 0.270 e. The van der Waals surface area contributed by atoms with Crippen LogP contribution >= 0.6 is 15.9 Å². The second-order valence-electron chi connectivity index (χ2n) is 4.79. The molecule has 1 fully saturated rings. The fraction of sp³-hybridized carbons (Fsp3) is 0.615. The molecule has 0 unspecified atom stereocenters. The molecule has 18 heavy (non-hydrogen) atoms. The molecule has 0 atom stereocenters. The first-order valence-corrected chi connectivity index (χ1v) is 7.24. The maximum atomic E-state index is 12.4. The van der Waals surface area contributed by atoms with Crippen molar-refractivity contribution in [2.24, 2.45) is 7.05 Å². The van der Waals surface area contributed by atoms with Gasteiger partial charge >= 0.3 is 0 Å². The molecule has 1 aromatic heterocycles. The van der Waals surface area contributed by atoms with Gasteiger partial charge in [0, 0.05) is 43.9 Å². The number of piperazine rings is 1. The Morgan fingerprint density at radius 3 is 2.50 bits per heavy atom. The molecule has 1 aliphatic heterocycles. The number of aromatic nitrogens is 1. The van der Waals surface area contributed by atoms with Crippen LogP contribution in [0, 0.1) is 0 Å². The van der Waals surface area contributed by atoms with Crippen LogP contribution in [0.3, 0.4) is 0 Å². The third-order valence-corrected chi connectivity index (χ3v) is 3.82. The lowest BCUT2D eigenvalue weighted by molar-refractivity contribution is 0.0628. The van der Waals surface area contributed by atoms with Crippen LogP contribution in [0.4, 0.5) is 0 Å². The number of amides is 1. The fourth-order valence-electron chi connectivity index (χ4n) is 2.39. The molecule has 0 saturated carbocycles. The number of carbonyl (C=O) groups excluding carboxylic acids is 1. The van der Waals surface area contributed by atoms with Gasteiger partial charge in [0.15, 0.2) is 0 Å². The first kappa shape index (κ1) is 13.6. The van der Waals surface area contributed by atoms with Crippen LogP contribution in [-0.2, 0) is 7.05 Å². The van der Waals surface area contributed by atoms with E-state index in [1.165, 1.54) is 6.42 Å². The van der Waals surface area contributed by atoms with Crippen LogP contribution in [0.5, 0.6) is 0 Å². The monoisotopic (exact) mass is 313 g/mol. The zero-order valence-electron chi connectivity index (χ0n) is 11.0. The van der Waals surface area contributed by atoms with Crippen molar-refractivity contribution in [2.45, 2.75) is 13.3 Å². The van der Waals surface area contributed by atoms with Crippen LogP contribution in [0.25, 0.3) is 0 Å². The molecule has 0 spiro atoms. The number of aryl methyl sites for hydroxylation is 1. The summed E-state index contributed by atoms with van der Waals surface area (Å²) in [6, 6.07) is 1.89. The summed E-state index contributed by atoms with van der Waals surface area (Å²) in [7, 11) is 1.91. The molecule has 0 N–H and O–H groups in total. The van der Waals surface area contributed by atoms with Gasteiger partial charge in [-0.3, -0.25) is 9.69 Å². The van der Waals surface area contributed by atoms with E-state index in [4.69, 9.17) is 0 Å². The van der Waals surface area contributed by atoms with Gasteiger partial charge in [-0.1, -0.05) is 6.92 Å². The molecule has 5 heteroatoms. The Bertz CT molecular complexity index is 422. The van der Waals surface area contributed by atoms with E-state index in [0.29, 0.717) is 0 Å². The van der Waals surface area contributed by atoms with E-state index >= 15 is 0 Å². The molecule has 1 amide bonds. The molecule has 2 heterocycles. The molecule has 1 saturated heterocycles. The third-order valence-electron chi connectivity index (χ3n) is 3.39. The zero-order chi connectivity index (χ0) is 13.1. The summed E-state index contributed by atoms with van der Waals surface area (Å²) in [5.41, 5.74) is 0.755. The Labute approximate surface area is 117 Å². The molecular weight excluding hydrogens is 294 g/mol. The van der Waals surface area contributed by atoms with E-state index in [1.54, 1.807) is 0 Å². The lowest BCUT2D eigenvalue weighted by Crippen LogP contribution is -2.49. The van der Waals surface area contributed by atoms with Crippen molar-refractivity contribution in [3.05, 3.63) is 22.4 Å². The minimum absolute atomic E-state index is 0.138. The molecule has 1 aromatic rings. The maximum absolute atomic E-state index is 12.4. The predicted octanol–water partition coefficient (Wildman–Crippen LogP) is 1.96. The molecule has 0 aliphatic carbocycles. The highest BCUT2D eigenvalue weighted by molar-refractivity contribution is 9.10. The second kappa shape index (κ2) is 5.89. The minimum Gasteiger partial charge on any atom is -0.345 e. The van der Waals surface area contributed by atoms with E-state index in [1.807, 2.05) is 28.8 Å². The highest BCUT2D eigenvalue weighted by atomic mass is 79.9. The topological polar surface area (TPSA) is 28.5 Å². The summed E-state index contributed by atoms with van der Waals surface area (Å²) in [5, 5.41) is 0. The lowest BCUT2D eigenvalue weighted by Gasteiger charge is -2.34. The van der Waals surface area contributed by atoms with E-state index < -0.39 is 0 Å². The Morgan fingerprint density at radius 2 is 2.00 bits per heavy atom. The van der Waals surface area contributed by atoms with Gasteiger partial charge in [0.05, 0.1) is 0 Å². The number of carbonyl (C=O) groups is 1. The number of rotatable bonds is 3. The normalized spacial score (nSPS) is 17.2. The van der Waals surface area contributed by atoms with E-state index in [2.05, 4.69) is 27.8 Å². The number of nitrogens with zero attached hydrogens (tertiary/aromatic N) is 3. The van der Waals surface area contributed by atoms with Crippen molar-refractivity contribution in [1.82, 2.24) is 14.4 Å². The van der Waals surface area contributed by atoms with Crippen LogP contribution in [0.2, 0.25) is 0 Å². The summed E-state index contributed by atoms with van der Waals surface area (Å²) in [5.74, 6) is 0.138. The molecule has 0 aromatic carbocycles.